The molecule has 6 nitrogen and oxygen atoms in total. The number of carboxylic acid groups (broad SMARTS) is 1. The first kappa shape index (κ1) is 14.8. The second-order valence-corrected chi connectivity index (χ2v) is 5.19. The topological polar surface area (TPSA) is 92.4 Å². The van der Waals surface area contributed by atoms with Crippen LogP contribution in [0.15, 0.2) is 42.6 Å². The fourth-order valence-electron chi connectivity index (χ4n) is 2.71. The average molecular weight is 310 g/mol. The first-order chi connectivity index (χ1) is 11.0. The third-order valence-corrected chi connectivity index (χ3v) is 3.73. The van der Waals surface area contributed by atoms with Crippen LogP contribution in [-0.4, -0.2) is 31.6 Å². The summed E-state index contributed by atoms with van der Waals surface area (Å²) in [6.07, 6.45) is 1.30. The SMILES string of the molecule is Cc1c(CC(=O)O)c2cc(O)ccc2n1C(=O)c1ccccn1. The second kappa shape index (κ2) is 5.57. The van der Waals surface area contributed by atoms with E-state index in [-0.39, 0.29) is 23.8 Å². The van der Waals surface area contributed by atoms with E-state index in [4.69, 9.17) is 5.11 Å². The van der Waals surface area contributed by atoms with Gasteiger partial charge in [0.15, 0.2) is 0 Å². The van der Waals surface area contributed by atoms with Gasteiger partial charge in [-0.3, -0.25) is 19.1 Å². The lowest BCUT2D eigenvalue weighted by Crippen LogP contribution is -2.15. The molecule has 2 N–H and O–H groups in total. The molecule has 23 heavy (non-hydrogen) atoms. The van der Waals surface area contributed by atoms with Gasteiger partial charge < -0.3 is 10.2 Å². The van der Waals surface area contributed by atoms with Crippen molar-refractivity contribution in [2.75, 3.05) is 0 Å². The summed E-state index contributed by atoms with van der Waals surface area (Å²) in [6.45, 7) is 1.69. The molecule has 1 aromatic carbocycles. The highest BCUT2D eigenvalue weighted by atomic mass is 16.4. The molecule has 0 aliphatic rings. The number of carbonyl (C=O) groups is 2. The molecule has 0 aliphatic heterocycles. The summed E-state index contributed by atoms with van der Waals surface area (Å²) in [7, 11) is 0. The van der Waals surface area contributed by atoms with Crippen molar-refractivity contribution in [1.29, 1.82) is 0 Å². The number of carbonyl (C=O) groups excluding carboxylic acids is 1. The molecule has 0 saturated heterocycles. The maximum absolute atomic E-state index is 12.8. The van der Waals surface area contributed by atoms with Gasteiger partial charge in [-0.05, 0) is 42.8 Å². The Kier molecular flexibility index (Phi) is 3.57. The molecule has 116 valence electrons. The number of phenolic OH excluding ortho intramolecular Hbond substituents is 1. The second-order valence-electron chi connectivity index (χ2n) is 5.19. The van der Waals surface area contributed by atoms with Crippen LogP contribution in [0.25, 0.3) is 10.9 Å². The van der Waals surface area contributed by atoms with Gasteiger partial charge in [-0.1, -0.05) is 6.07 Å². The van der Waals surface area contributed by atoms with Gasteiger partial charge in [0.2, 0.25) is 0 Å². The lowest BCUT2D eigenvalue weighted by Gasteiger charge is -2.06. The molecule has 0 bridgehead atoms. The van der Waals surface area contributed by atoms with E-state index in [1.165, 1.54) is 22.9 Å². The zero-order valence-corrected chi connectivity index (χ0v) is 12.4. The molecule has 2 heterocycles. The third kappa shape index (κ3) is 2.55. The van der Waals surface area contributed by atoms with Crippen LogP contribution in [0.1, 0.15) is 21.7 Å². The predicted octanol–water partition coefficient (Wildman–Crippen LogP) is 2.37. The van der Waals surface area contributed by atoms with Crippen molar-refractivity contribution in [2.24, 2.45) is 0 Å². The van der Waals surface area contributed by atoms with Crippen molar-refractivity contribution in [3.63, 3.8) is 0 Å². The number of carboxylic acids is 1. The molecule has 0 spiro atoms. The zero-order valence-electron chi connectivity index (χ0n) is 12.4. The Balaban J connectivity index is 2.27. The van der Waals surface area contributed by atoms with E-state index in [9.17, 15) is 14.7 Å². The Bertz CT molecular complexity index is 913. The highest BCUT2D eigenvalue weighted by Crippen LogP contribution is 2.30. The quantitative estimate of drug-likeness (QED) is 0.774. The normalized spacial score (nSPS) is 10.8. The fraction of sp³-hybridized carbons (Fsp3) is 0.118. The molecule has 0 aliphatic carbocycles. The number of aromatic hydroxyl groups is 1. The number of benzene rings is 1. The van der Waals surface area contributed by atoms with Crippen LogP contribution >= 0.6 is 0 Å². The molecule has 0 saturated carbocycles. The van der Waals surface area contributed by atoms with Crippen LogP contribution in [0.2, 0.25) is 0 Å². The Morgan fingerprint density at radius 2 is 2.00 bits per heavy atom. The number of aliphatic carboxylic acids is 1. The number of phenols is 1. The van der Waals surface area contributed by atoms with Gasteiger partial charge in [0, 0.05) is 17.3 Å². The van der Waals surface area contributed by atoms with E-state index in [1.807, 2.05) is 0 Å². The molecule has 2 aromatic heterocycles. The summed E-state index contributed by atoms with van der Waals surface area (Å²) < 4.78 is 1.44. The van der Waals surface area contributed by atoms with Crippen molar-refractivity contribution in [1.82, 2.24) is 9.55 Å². The van der Waals surface area contributed by atoms with Gasteiger partial charge in [0.25, 0.3) is 5.91 Å². The number of hydrogen-bond acceptors (Lipinski definition) is 4. The van der Waals surface area contributed by atoms with Crippen molar-refractivity contribution >= 4 is 22.8 Å². The average Bonchev–Trinajstić information content (AvgIpc) is 2.79. The van der Waals surface area contributed by atoms with Crippen LogP contribution < -0.4 is 0 Å². The number of pyridine rings is 1. The van der Waals surface area contributed by atoms with Crippen LogP contribution in [0.4, 0.5) is 0 Å². The van der Waals surface area contributed by atoms with Crippen molar-refractivity contribution in [3.8, 4) is 5.75 Å². The Morgan fingerprint density at radius 1 is 1.22 bits per heavy atom. The van der Waals surface area contributed by atoms with E-state index in [0.717, 1.165) is 0 Å². The van der Waals surface area contributed by atoms with Gasteiger partial charge in [0.05, 0.1) is 11.9 Å². The van der Waals surface area contributed by atoms with E-state index >= 15 is 0 Å². The van der Waals surface area contributed by atoms with Gasteiger partial charge in [-0.15, -0.1) is 0 Å². The molecule has 0 fully saturated rings. The lowest BCUT2D eigenvalue weighted by molar-refractivity contribution is -0.136. The molecule has 6 heteroatoms. The summed E-state index contributed by atoms with van der Waals surface area (Å²) in [4.78, 5) is 27.9. The summed E-state index contributed by atoms with van der Waals surface area (Å²) >= 11 is 0. The number of aromatic nitrogens is 2. The minimum Gasteiger partial charge on any atom is -0.508 e. The summed E-state index contributed by atoms with van der Waals surface area (Å²) in [5.41, 5.74) is 1.85. The van der Waals surface area contributed by atoms with Crippen molar-refractivity contribution in [2.45, 2.75) is 13.3 Å². The fourth-order valence-corrected chi connectivity index (χ4v) is 2.71. The first-order valence-electron chi connectivity index (χ1n) is 6.99. The number of rotatable bonds is 3. The Labute approximate surface area is 131 Å². The molecule has 0 atom stereocenters. The standard InChI is InChI=1S/C17H14N2O4/c1-10-12(9-16(21)22)13-8-11(20)5-6-15(13)19(10)17(23)14-4-2-3-7-18-14/h2-8,20H,9H2,1H3,(H,21,22). The smallest absolute Gasteiger partial charge is 0.307 e. The van der Waals surface area contributed by atoms with Crippen LogP contribution in [0.3, 0.4) is 0 Å². The summed E-state index contributed by atoms with van der Waals surface area (Å²) in [5.74, 6) is -1.32. The Morgan fingerprint density at radius 3 is 2.65 bits per heavy atom. The summed E-state index contributed by atoms with van der Waals surface area (Å²) in [5, 5.41) is 19.4. The van der Waals surface area contributed by atoms with Crippen molar-refractivity contribution in [3.05, 3.63) is 59.5 Å². The van der Waals surface area contributed by atoms with Gasteiger partial charge in [-0.2, -0.15) is 0 Å². The van der Waals surface area contributed by atoms with Crippen LogP contribution in [-0.2, 0) is 11.2 Å². The number of fused-ring (bicyclic) bond motifs is 1. The molecular weight excluding hydrogens is 296 g/mol. The largest absolute Gasteiger partial charge is 0.508 e. The maximum atomic E-state index is 12.8. The molecule has 3 aromatic rings. The van der Waals surface area contributed by atoms with Gasteiger partial charge in [0.1, 0.15) is 11.4 Å². The van der Waals surface area contributed by atoms with E-state index in [0.29, 0.717) is 22.2 Å². The third-order valence-electron chi connectivity index (χ3n) is 3.73. The van der Waals surface area contributed by atoms with E-state index in [1.54, 1.807) is 31.2 Å². The van der Waals surface area contributed by atoms with E-state index in [2.05, 4.69) is 4.98 Å². The molecular formula is C17H14N2O4. The number of nitrogens with zero attached hydrogens (tertiary/aromatic N) is 2. The highest BCUT2D eigenvalue weighted by Gasteiger charge is 2.22. The van der Waals surface area contributed by atoms with Crippen LogP contribution in [0, 0.1) is 6.92 Å². The van der Waals surface area contributed by atoms with Crippen LogP contribution in [0.5, 0.6) is 5.75 Å². The molecule has 3 rings (SSSR count). The maximum Gasteiger partial charge on any atom is 0.307 e. The van der Waals surface area contributed by atoms with Gasteiger partial charge in [-0.25, -0.2) is 0 Å². The van der Waals surface area contributed by atoms with E-state index < -0.39 is 5.97 Å². The first-order valence-corrected chi connectivity index (χ1v) is 6.99. The summed E-state index contributed by atoms with van der Waals surface area (Å²) in [6, 6.07) is 9.57. The minimum absolute atomic E-state index is 0.0200. The van der Waals surface area contributed by atoms with Crippen molar-refractivity contribution < 1.29 is 19.8 Å². The number of hydrogen-bond donors (Lipinski definition) is 2. The highest BCUT2D eigenvalue weighted by molar-refractivity contribution is 6.03. The zero-order chi connectivity index (χ0) is 16.6. The van der Waals surface area contributed by atoms with Gasteiger partial charge >= 0.3 is 5.97 Å². The lowest BCUT2D eigenvalue weighted by atomic mass is 10.1. The minimum atomic E-state index is -0.999. The predicted molar refractivity (Wildman–Crippen MR) is 83.6 cm³/mol. The Hall–Kier alpha value is -3.15. The molecule has 0 unspecified atom stereocenters. The molecule has 0 radical (unpaired) electrons. The monoisotopic (exact) mass is 310 g/mol. The molecule has 0 amide bonds.